The maximum atomic E-state index is 11.8. The fraction of sp³-hybridized carbons (Fsp3) is 0.529. The number of aliphatic carboxylic acids is 1. The van der Waals surface area contributed by atoms with Crippen LogP contribution in [0.25, 0.3) is 0 Å². The molecule has 2 N–H and O–H groups in total. The third kappa shape index (κ3) is 3.40. The van der Waals surface area contributed by atoms with E-state index < -0.39 is 17.7 Å². The summed E-state index contributed by atoms with van der Waals surface area (Å²) in [5.74, 6) is -1.20. The molecule has 22 heavy (non-hydrogen) atoms. The van der Waals surface area contributed by atoms with Crippen LogP contribution in [-0.4, -0.2) is 22.8 Å². The normalized spacial score (nSPS) is 22.8. The maximum absolute atomic E-state index is 11.8. The van der Waals surface area contributed by atoms with Crippen LogP contribution in [0.15, 0.2) is 24.3 Å². The number of hydrogen-bond acceptors (Lipinski definition) is 3. The predicted molar refractivity (Wildman–Crippen MR) is 83.9 cm³/mol. The third-order valence-corrected chi connectivity index (χ3v) is 3.98. The Morgan fingerprint density at radius 2 is 1.91 bits per heavy atom. The molecule has 5 nitrogen and oxygen atoms in total. The van der Waals surface area contributed by atoms with Crippen LogP contribution >= 0.6 is 0 Å². The van der Waals surface area contributed by atoms with Gasteiger partial charge in [-0.2, -0.15) is 0 Å². The lowest BCUT2D eigenvalue weighted by Crippen LogP contribution is -2.27. The van der Waals surface area contributed by atoms with Crippen molar-refractivity contribution in [2.45, 2.75) is 46.1 Å². The van der Waals surface area contributed by atoms with Crippen molar-refractivity contribution in [2.24, 2.45) is 11.3 Å². The Balaban J connectivity index is 2.12. The van der Waals surface area contributed by atoms with Crippen LogP contribution in [0.1, 0.15) is 46.1 Å². The van der Waals surface area contributed by atoms with Gasteiger partial charge in [0, 0.05) is 11.6 Å². The minimum absolute atomic E-state index is 0.0367. The number of carbonyl (C=O) groups is 2. The van der Waals surface area contributed by atoms with Crippen LogP contribution in [0.5, 0.6) is 0 Å². The molecule has 5 heteroatoms. The summed E-state index contributed by atoms with van der Waals surface area (Å²) in [6.45, 7) is 9.29. The molecule has 1 aromatic carbocycles. The fourth-order valence-corrected chi connectivity index (χ4v) is 2.95. The van der Waals surface area contributed by atoms with Crippen LogP contribution < -0.4 is 5.32 Å². The highest BCUT2D eigenvalue weighted by atomic mass is 16.6. The molecule has 0 aromatic heterocycles. The van der Waals surface area contributed by atoms with Gasteiger partial charge in [-0.3, -0.25) is 10.1 Å². The minimum atomic E-state index is -0.777. The average molecular weight is 305 g/mol. The summed E-state index contributed by atoms with van der Waals surface area (Å²) >= 11 is 0. The zero-order chi connectivity index (χ0) is 16.7. The quantitative estimate of drug-likeness (QED) is 0.889. The molecule has 0 bridgehead atoms. The summed E-state index contributed by atoms with van der Waals surface area (Å²) in [5.41, 5.74) is 0.704. The van der Waals surface area contributed by atoms with Crippen molar-refractivity contribution in [1.82, 2.24) is 0 Å². The van der Waals surface area contributed by atoms with E-state index >= 15 is 0 Å². The number of anilines is 1. The average Bonchev–Trinajstić information content (AvgIpc) is 2.90. The summed E-state index contributed by atoms with van der Waals surface area (Å²) in [6, 6.07) is 7.29. The SMILES string of the molecule is CC(C)(C)OC(=O)Nc1cccc([C@H]2[C@H](C(=O)O)C2(C)C)c1. The summed E-state index contributed by atoms with van der Waals surface area (Å²) in [4.78, 5) is 23.1. The van der Waals surface area contributed by atoms with Crippen molar-refractivity contribution in [2.75, 3.05) is 5.32 Å². The van der Waals surface area contributed by atoms with Gasteiger partial charge in [-0.1, -0.05) is 26.0 Å². The Labute approximate surface area is 130 Å². The van der Waals surface area contributed by atoms with Crippen molar-refractivity contribution in [3.05, 3.63) is 29.8 Å². The van der Waals surface area contributed by atoms with E-state index in [1.54, 1.807) is 26.8 Å². The van der Waals surface area contributed by atoms with Crippen LogP contribution in [0, 0.1) is 11.3 Å². The molecule has 1 saturated carbocycles. The minimum Gasteiger partial charge on any atom is -0.481 e. The number of carbonyl (C=O) groups excluding carboxylic acids is 1. The zero-order valence-electron chi connectivity index (χ0n) is 13.6. The van der Waals surface area contributed by atoms with Crippen molar-refractivity contribution in [3.8, 4) is 0 Å². The molecule has 0 aliphatic heterocycles. The second-order valence-electron chi connectivity index (χ2n) is 7.37. The number of ether oxygens (including phenoxy) is 1. The summed E-state index contributed by atoms with van der Waals surface area (Å²) < 4.78 is 5.21. The van der Waals surface area contributed by atoms with Crippen molar-refractivity contribution in [3.63, 3.8) is 0 Å². The van der Waals surface area contributed by atoms with Gasteiger partial charge in [0.25, 0.3) is 0 Å². The molecule has 1 aliphatic rings. The molecular formula is C17H23NO4. The van der Waals surface area contributed by atoms with E-state index in [-0.39, 0.29) is 17.3 Å². The zero-order valence-corrected chi connectivity index (χ0v) is 13.6. The second-order valence-corrected chi connectivity index (χ2v) is 7.37. The van der Waals surface area contributed by atoms with E-state index in [4.69, 9.17) is 4.74 Å². The smallest absolute Gasteiger partial charge is 0.412 e. The van der Waals surface area contributed by atoms with Crippen LogP contribution in [-0.2, 0) is 9.53 Å². The van der Waals surface area contributed by atoms with Gasteiger partial charge in [0.05, 0.1) is 5.92 Å². The third-order valence-electron chi connectivity index (χ3n) is 3.98. The molecular weight excluding hydrogens is 282 g/mol. The molecule has 1 amide bonds. The van der Waals surface area contributed by atoms with E-state index in [2.05, 4.69) is 5.32 Å². The molecule has 0 unspecified atom stereocenters. The van der Waals surface area contributed by atoms with E-state index in [1.807, 2.05) is 32.0 Å². The number of carboxylic acid groups (broad SMARTS) is 1. The molecule has 1 aromatic rings. The summed E-state index contributed by atoms with van der Waals surface area (Å²) in [6.07, 6.45) is -0.519. The standard InChI is InChI=1S/C17H23NO4/c1-16(2,3)22-15(21)18-11-8-6-7-10(9-11)12-13(14(19)20)17(12,4)5/h6-9,12-13H,1-5H3,(H,18,21)(H,19,20)/t12-,13+/m0/s1. The Hall–Kier alpha value is -2.04. The largest absolute Gasteiger partial charge is 0.481 e. The highest BCUT2D eigenvalue weighted by Gasteiger charge is 2.62. The van der Waals surface area contributed by atoms with Gasteiger partial charge in [-0.15, -0.1) is 0 Å². The van der Waals surface area contributed by atoms with Gasteiger partial charge >= 0.3 is 12.1 Å². The first-order valence-electron chi connectivity index (χ1n) is 7.35. The number of amides is 1. The lowest BCUT2D eigenvalue weighted by atomic mass is 10.0. The molecule has 120 valence electrons. The highest BCUT2D eigenvalue weighted by Crippen LogP contribution is 2.64. The van der Waals surface area contributed by atoms with Crippen molar-refractivity contribution >= 4 is 17.7 Å². The van der Waals surface area contributed by atoms with Crippen molar-refractivity contribution < 1.29 is 19.4 Å². The van der Waals surface area contributed by atoms with E-state index in [0.29, 0.717) is 5.69 Å². The molecule has 0 spiro atoms. The molecule has 1 fully saturated rings. The molecule has 2 rings (SSSR count). The summed E-state index contributed by atoms with van der Waals surface area (Å²) in [7, 11) is 0. The fourth-order valence-electron chi connectivity index (χ4n) is 2.95. The molecule has 0 saturated heterocycles. The van der Waals surface area contributed by atoms with Gasteiger partial charge in [0.1, 0.15) is 5.60 Å². The predicted octanol–water partition coefficient (Wildman–Crippen LogP) is 3.86. The number of rotatable bonds is 3. The van der Waals surface area contributed by atoms with Gasteiger partial charge < -0.3 is 9.84 Å². The van der Waals surface area contributed by atoms with Gasteiger partial charge in [-0.05, 0) is 43.9 Å². The van der Waals surface area contributed by atoms with Crippen LogP contribution in [0.3, 0.4) is 0 Å². The van der Waals surface area contributed by atoms with E-state index in [1.165, 1.54) is 0 Å². The number of hydrogen-bond donors (Lipinski definition) is 2. The Morgan fingerprint density at radius 3 is 2.41 bits per heavy atom. The Bertz CT molecular complexity index is 601. The molecule has 2 atom stereocenters. The van der Waals surface area contributed by atoms with Gasteiger partial charge in [-0.25, -0.2) is 4.79 Å². The Kier molecular flexibility index (Phi) is 3.94. The van der Waals surface area contributed by atoms with Gasteiger partial charge in [0.15, 0.2) is 0 Å². The molecule has 0 radical (unpaired) electrons. The van der Waals surface area contributed by atoms with Crippen LogP contribution in [0.4, 0.5) is 10.5 Å². The lowest BCUT2D eigenvalue weighted by Gasteiger charge is -2.19. The first-order valence-corrected chi connectivity index (χ1v) is 7.35. The first-order chi connectivity index (χ1) is 10.0. The summed E-state index contributed by atoms with van der Waals surface area (Å²) in [5, 5.41) is 12.0. The molecule has 1 aliphatic carbocycles. The highest BCUT2D eigenvalue weighted by molar-refractivity contribution is 5.85. The lowest BCUT2D eigenvalue weighted by molar-refractivity contribution is -0.139. The number of nitrogens with one attached hydrogen (secondary N) is 1. The van der Waals surface area contributed by atoms with E-state index in [0.717, 1.165) is 5.56 Å². The second kappa shape index (κ2) is 5.30. The van der Waals surface area contributed by atoms with Crippen molar-refractivity contribution in [1.29, 1.82) is 0 Å². The monoisotopic (exact) mass is 305 g/mol. The van der Waals surface area contributed by atoms with E-state index in [9.17, 15) is 14.7 Å². The molecule has 0 heterocycles. The number of carboxylic acids is 1. The topological polar surface area (TPSA) is 75.6 Å². The van der Waals surface area contributed by atoms with Crippen LogP contribution in [0.2, 0.25) is 0 Å². The Morgan fingerprint density at radius 1 is 1.27 bits per heavy atom. The maximum Gasteiger partial charge on any atom is 0.412 e. The number of benzene rings is 1. The first kappa shape index (κ1) is 16.3. The van der Waals surface area contributed by atoms with Gasteiger partial charge in [0.2, 0.25) is 0 Å².